The zero-order valence-corrected chi connectivity index (χ0v) is 10.6. The van der Waals surface area contributed by atoms with Crippen molar-refractivity contribution in [2.45, 2.75) is 56.5 Å². The zero-order valence-electron chi connectivity index (χ0n) is 10.6. The third kappa shape index (κ3) is 3.30. The van der Waals surface area contributed by atoms with Crippen LogP contribution in [0.5, 0.6) is 0 Å². The van der Waals surface area contributed by atoms with Gasteiger partial charge in [-0.2, -0.15) is 0 Å². The van der Waals surface area contributed by atoms with Gasteiger partial charge in [-0.05, 0) is 37.7 Å². The molecule has 0 saturated heterocycles. The zero-order chi connectivity index (χ0) is 12.1. The van der Waals surface area contributed by atoms with E-state index >= 15 is 0 Å². The molecule has 0 spiro atoms. The highest BCUT2D eigenvalue weighted by molar-refractivity contribution is 5.14. The van der Waals surface area contributed by atoms with E-state index in [1.165, 1.54) is 18.4 Å². The Morgan fingerprint density at radius 2 is 1.94 bits per heavy atom. The summed E-state index contributed by atoms with van der Waals surface area (Å²) in [6.45, 7) is 0. The van der Waals surface area contributed by atoms with Gasteiger partial charge in [0.2, 0.25) is 0 Å². The van der Waals surface area contributed by atoms with Crippen molar-refractivity contribution in [1.82, 2.24) is 0 Å². The molecule has 4 N–H and O–H groups in total. The SMILES string of the molecule is N[C@H]1CCCCC1(N)CCCc1ccccc1. The van der Waals surface area contributed by atoms with E-state index in [2.05, 4.69) is 30.3 Å². The van der Waals surface area contributed by atoms with E-state index in [1.54, 1.807) is 0 Å². The van der Waals surface area contributed by atoms with Crippen molar-refractivity contribution >= 4 is 0 Å². The molecule has 2 rings (SSSR count). The standard InChI is InChI=1S/C15H24N2/c16-14-10-4-5-11-15(14,17)12-6-9-13-7-2-1-3-8-13/h1-3,7-8,14H,4-6,9-12,16-17H2/t14-,15?/m0/s1. The van der Waals surface area contributed by atoms with Crippen LogP contribution in [0.2, 0.25) is 0 Å². The molecule has 0 bridgehead atoms. The van der Waals surface area contributed by atoms with Crippen LogP contribution in [0.1, 0.15) is 44.1 Å². The van der Waals surface area contributed by atoms with E-state index < -0.39 is 0 Å². The minimum atomic E-state index is -0.104. The smallest absolute Gasteiger partial charge is 0.0307 e. The van der Waals surface area contributed by atoms with Gasteiger partial charge in [-0.25, -0.2) is 0 Å². The van der Waals surface area contributed by atoms with Crippen LogP contribution in [0.3, 0.4) is 0 Å². The first kappa shape index (κ1) is 12.6. The normalized spacial score (nSPS) is 29.2. The molecule has 0 heterocycles. The van der Waals surface area contributed by atoms with E-state index in [9.17, 15) is 0 Å². The second kappa shape index (κ2) is 5.65. The van der Waals surface area contributed by atoms with Gasteiger partial charge in [-0.15, -0.1) is 0 Å². The quantitative estimate of drug-likeness (QED) is 0.838. The third-order valence-corrected chi connectivity index (χ3v) is 4.10. The number of hydrogen-bond donors (Lipinski definition) is 2. The molecule has 1 aromatic rings. The van der Waals surface area contributed by atoms with Crippen LogP contribution in [0.15, 0.2) is 30.3 Å². The van der Waals surface area contributed by atoms with E-state index in [1.807, 2.05) is 0 Å². The van der Waals surface area contributed by atoms with Crippen molar-refractivity contribution in [2.75, 3.05) is 0 Å². The highest BCUT2D eigenvalue weighted by atomic mass is 14.9. The average molecular weight is 232 g/mol. The maximum atomic E-state index is 6.44. The van der Waals surface area contributed by atoms with Crippen LogP contribution in [0.25, 0.3) is 0 Å². The maximum absolute atomic E-state index is 6.44. The molecule has 1 aliphatic carbocycles. The fourth-order valence-electron chi connectivity index (χ4n) is 2.87. The topological polar surface area (TPSA) is 52.0 Å². The van der Waals surface area contributed by atoms with Gasteiger partial charge in [0.1, 0.15) is 0 Å². The number of hydrogen-bond acceptors (Lipinski definition) is 2. The Balaban J connectivity index is 1.81. The van der Waals surface area contributed by atoms with Gasteiger partial charge in [0, 0.05) is 11.6 Å². The second-order valence-corrected chi connectivity index (χ2v) is 5.42. The number of benzene rings is 1. The molecule has 1 aliphatic rings. The lowest BCUT2D eigenvalue weighted by Crippen LogP contribution is -2.57. The summed E-state index contributed by atoms with van der Waals surface area (Å²) in [6, 6.07) is 10.8. The molecule has 0 radical (unpaired) electrons. The molecule has 94 valence electrons. The Labute approximate surface area is 104 Å². The fraction of sp³-hybridized carbons (Fsp3) is 0.600. The molecule has 1 saturated carbocycles. The molecular weight excluding hydrogens is 208 g/mol. The Morgan fingerprint density at radius 3 is 2.65 bits per heavy atom. The highest BCUT2D eigenvalue weighted by Gasteiger charge is 2.33. The third-order valence-electron chi connectivity index (χ3n) is 4.10. The van der Waals surface area contributed by atoms with E-state index in [4.69, 9.17) is 11.5 Å². The van der Waals surface area contributed by atoms with Gasteiger partial charge in [-0.1, -0.05) is 43.2 Å². The van der Waals surface area contributed by atoms with Crippen LogP contribution in [0, 0.1) is 0 Å². The summed E-state index contributed by atoms with van der Waals surface area (Å²) >= 11 is 0. The summed E-state index contributed by atoms with van der Waals surface area (Å²) < 4.78 is 0. The Kier molecular flexibility index (Phi) is 4.19. The second-order valence-electron chi connectivity index (χ2n) is 5.42. The van der Waals surface area contributed by atoms with Crippen LogP contribution >= 0.6 is 0 Å². The molecule has 1 aromatic carbocycles. The van der Waals surface area contributed by atoms with Gasteiger partial charge in [0.25, 0.3) is 0 Å². The van der Waals surface area contributed by atoms with Crippen LogP contribution in [-0.4, -0.2) is 11.6 Å². The van der Waals surface area contributed by atoms with Crippen molar-refractivity contribution in [3.8, 4) is 0 Å². The van der Waals surface area contributed by atoms with Crippen molar-refractivity contribution in [3.63, 3.8) is 0 Å². The monoisotopic (exact) mass is 232 g/mol. The molecule has 17 heavy (non-hydrogen) atoms. The van der Waals surface area contributed by atoms with Gasteiger partial charge in [0.05, 0.1) is 0 Å². The molecule has 2 heteroatoms. The minimum Gasteiger partial charge on any atom is -0.326 e. The molecule has 0 amide bonds. The van der Waals surface area contributed by atoms with Crippen LogP contribution in [-0.2, 0) is 6.42 Å². The lowest BCUT2D eigenvalue weighted by atomic mass is 9.75. The van der Waals surface area contributed by atoms with Gasteiger partial charge in [-0.3, -0.25) is 0 Å². The molecule has 1 unspecified atom stereocenters. The Morgan fingerprint density at radius 1 is 1.18 bits per heavy atom. The largest absolute Gasteiger partial charge is 0.326 e. The highest BCUT2D eigenvalue weighted by Crippen LogP contribution is 2.29. The molecule has 2 nitrogen and oxygen atoms in total. The van der Waals surface area contributed by atoms with Crippen LogP contribution < -0.4 is 11.5 Å². The summed E-state index contributed by atoms with van der Waals surface area (Å²) in [4.78, 5) is 0. The predicted molar refractivity (Wildman–Crippen MR) is 72.7 cm³/mol. The number of aryl methyl sites for hydroxylation is 1. The van der Waals surface area contributed by atoms with Crippen molar-refractivity contribution in [3.05, 3.63) is 35.9 Å². The van der Waals surface area contributed by atoms with Crippen LogP contribution in [0.4, 0.5) is 0 Å². The number of rotatable bonds is 4. The molecule has 0 aliphatic heterocycles. The molecule has 1 fully saturated rings. The van der Waals surface area contributed by atoms with Gasteiger partial charge in [0.15, 0.2) is 0 Å². The fourth-order valence-corrected chi connectivity index (χ4v) is 2.87. The van der Waals surface area contributed by atoms with Crippen molar-refractivity contribution < 1.29 is 0 Å². The summed E-state index contributed by atoms with van der Waals surface area (Å²) in [5.74, 6) is 0. The van der Waals surface area contributed by atoms with Gasteiger partial charge < -0.3 is 11.5 Å². The lowest BCUT2D eigenvalue weighted by Gasteiger charge is -2.39. The van der Waals surface area contributed by atoms with Gasteiger partial charge >= 0.3 is 0 Å². The Bertz CT molecular complexity index is 336. The first-order valence-corrected chi connectivity index (χ1v) is 6.79. The average Bonchev–Trinajstić information content (AvgIpc) is 2.35. The molecular formula is C15H24N2. The summed E-state index contributed by atoms with van der Waals surface area (Å²) in [5, 5.41) is 0. The van der Waals surface area contributed by atoms with E-state index in [-0.39, 0.29) is 11.6 Å². The molecule has 0 aromatic heterocycles. The van der Waals surface area contributed by atoms with E-state index in [0.717, 1.165) is 32.1 Å². The first-order chi connectivity index (χ1) is 8.21. The summed E-state index contributed by atoms with van der Waals surface area (Å²) in [5.41, 5.74) is 13.9. The summed E-state index contributed by atoms with van der Waals surface area (Å²) in [7, 11) is 0. The summed E-state index contributed by atoms with van der Waals surface area (Å²) in [6.07, 6.45) is 8.02. The van der Waals surface area contributed by atoms with Crippen molar-refractivity contribution in [2.24, 2.45) is 11.5 Å². The van der Waals surface area contributed by atoms with E-state index in [0.29, 0.717) is 0 Å². The minimum absolute atomic E-state index is 0.104. The predicted octanol–water partition coefficient (Wildman–Crippen LogP) is 2.61. The maximum Gasteiger partial charge on any atom is 0.0307 e. The van der Waals surface area contributed by atoms with Crippen molar-refractivity contribution in [1.29, 1.82) is 0 Å². The lowest BCUT2D eigenvalue weighted by molar-refractivity contribution is 0.233. The Hall–Kier alpha value is -0.860. The molecule has 2 atom stereocenters. The number of nitrogens with two attached hydrogens (primary N) is 2. The first-order valence-electron chi connectivity index (χ1n) is 6.79.